The number of aromatic nitrogens is 3. The molecule has 0 aliphatic rings. The Hall–Kier alpha value is -2.57. The zero-order chi connectivity index (χ0) is 19.2. The zero-order valence-corrected chi connectivity index (χ0v) is 16.4. The lowest BCUT2D eigenvalue weighted by Crippen LogP contribution is -2.14. The largest absolute Gasteiger partial charge is 0.325 e. The molecule has 2 aromatic carbocycles. The van der Waals surface area contributed by atoms with Crippen LogP contribution in [0.1, 0.15) is 5.56 Å². The van der Waals surface area contributed by atoms with Crippen LogP contribution in [0.5, 0.6) is 0 Å². The van der Waals surface area contributed by atoms with Gasteiger partial charge in [0.25, 0.3) is 0 Å². The predicted octanol–water partition coefficient (Wildman–Crippen LogP) is 4.82. The van der Waals surface area contributed by atoms with Crippen molar-refractivity contribution in [2.75, 3.05) is 11.1 Å². The summed E-state index contributed by atoms with van der Waals surface area (Å²) in [7, 11) is 0. The Balaban J connectivity index is 1.73. The van der Waals surface area contributed by atoms with Crippen LogP contribution in [0.2, 0.25) is 5.02 Å². The van der Waals surface area contributed by atoms with E-state index in [0.29, 0.717) is 22.4 Å². The van der Waals surface area contributed by atoms with Crippen molar-refractivity contribution in [2.24, 2.45) is 0 Å². The van der Waals surface area contributed by atoms with E-state index in [-0.39, 0.29) is 11.7 Å². The Kier molecular flexibility index (Phi) is 6.32. The first-order valence-corrected chi connectivity index (χ1v) is 9.72. The van der Waals surface area contributed by atoms with Crippen molar-refractivity contribution < 1.29 is 4.79 Å². The van der Waals surface area contributed by atoms with Gasteiger partial charge in [-0.05, 0) is 31.2 Å². The lowest BCUT2D eigenvalue weighted by Gasteiger charge is -2.09. The number of allylic oxidation sites excluding steroid dienone is 1. The number of amides is 1. The molecule has 0 aliphatic carbocycles. The third-order valence-electron chi connectivity index (χ3n) is 3.75. The van der Waals surface area contributed by atoms with E-state index < -0.39 is 0 Å². The highest BCUT2D eigenvalue weighted by Crippen LogP contribution is 2.25. The number of anilines is 1. The quantitative estimate of drug-likeness (QED) is 0.457. The SMILES string of the molecule is C=CCn1c(SCC(=O)Nc2cccc(Cl)c2)nnc1-c1cccc(C)c1. The minimum Gasteiger partial charge on any atom is -0.325 e. The minimum atomic E-state index is -0.132. The monoisotopic (exact) mass is 398 g/mol. The summed E-state index contributed by atoms with van der Waals surface area (Å²) in [6.07, 6.45) is 1.79. The van der Waals surface area contributed by atoms with Crippen molar-refractivity contribution in [1.82, 2.24) is 14.8 Å². The maximum absolute atomic E-state index is 12.2. The van der Waals surface area contributed by atoms with Crippen molar-refractivity contribution in [3.05, 3.63) is 71.8 Å². The minimum absolute atomic E-state index is 0.132. The number of thioether (sulfide) groups is 1. The first-order chi connectivity index (χ1) is 13.1. The summed E-state index contributed by atoms with van der Waals surface area (Å²) in [5, 5.41) is 12.7. The molecule has 0 radical (unpaired) electrons. The van der Waals surface area contributed by atoms with Crippen molar-refractivity contribution in [1.29, 1.82) is 0 Å². The number of rotatable bonds is 7. The highest BCUT2D eigenvalue weighted by Gasteiger charge is 2.15. The van der Waals surface area contributed by atoms with Gasteiger partial charge in [0, 0.05) is 22.8 Å². The summed E-state index contributed by atoms with van der Waals surface area (Å²) in [6.45, 7) is 6.41. The van der Waals surface area contributed by atoms with E-state index in [4.69, 9.17) is 11.6 Å². The molecule has 0 saturated carbocycles. The number of halogens is 1. The number of nitrogens with one attached hydrogen (secondary N) is 1. The average molecular weight is 399 g/mol. The van der Waals surface area contributed by atoms with E-state index >= 15 is 0 Å². The molecule has 0 atom stereocenters. The standard InChI is InChI=1S/C20H19ClN4OS/c1-3-10-25-19(15-7-4-6-14(2)11-15)23-24-20(25)27-13-18(26)22-17-9-5-8-16(21)12-17/h3-9,11-12H,1,10,13H2,2H3,(H,22,26). The average Bonchev–Trinajstić information content (AvgIpc) is 3.03. The van der Waals surface area contributed by atoms with Crippen LogP contribution in [0.3, 0.4) is 0 Å². The fraction of sp³-hybridized carbons (Fsp3) is 0.150. The summed E-state index contributed by atoms with van der Waals surface area (Å²) in [5.41, 5.74) is 2.80. The molecule has 27 heavy (non-hydrogen) atoms. The molecule has 1 aromatic heterocycles. The molecule has 0 unspecified atom stereocenters. The van der Waals surface area contributed by atoms with Crippen molar-refractivity contribution in [2.45, 2.75) is 18.6 Å². The number of nitrogens with zero attached hydrogens (tertiary/aromatic N) is 3. The lowest BCUT2D eigenvalue weighted by molar-refractivity contribution is -0.113. The molecule has 7 heteroatoms. The molecule has 0 saturated heterocycles. The maximum Gasteiger partial charge on any atom is 0.234 e. The second-order valence-electron chi connectivity index (χ2n) is 5.92. The zero-order valence-electron chi connectivity index (χ0n) is 14.9. The van der Waals surface area contributed by atoms with Gasteiger partial charge >= 0.3 is 0 Å². The summed E-state index contributed by atoms with van der Waals surface area (Å²) < 4.78 is 1.96. The van der Waals surface area contributed by atoms with Gasteiger partial charge in [0.15, 0.2) is 11.0 Å². The molecule has 0 fully saturated rings. The number of benzene rings is 2. The number of carbonyl (C=O) groups excluding carboxylic acids is 1. The molecule has 1 amide bonds. The van der Waals surface area contributed by atoms with Gasteiger partial charge in [0.1, 0.15) is 0 Å². The van der Waals surface area contributed by atoms with Gasteiger partial charge in [-0.3, -0.25) is 9.36 Å². The fourth-order valence-corrected chi connectivity index (χ4v) is 3.52. The molecule has 0 bridgehead atoms. The van der Waals surface area contributed by atoms with E-state index in [0.717, 1.165) is 17.0 Å². The van der Waals surface area contributed by atoms with Crippen LogP contribution in [0.4, 0.5) is 5.69 Å². The first-order valence-electron chi connectivity index (χ1n) is 8.36. The van der Waals surface area contributed by atoms with Crippen LogP contribution in [-0.4, -0.2) is 26.4 Å². The molecule has 3 rings (SSSR count). The van der Waals surface area contributed by atoms with Crippen molar-refractivity contribution in [3.8, 4) is 11.4 Å². The summed E-state index contributed by atoms with van der Waals surface area (Å²) >= 11 is 7.28. The Labute approximate surface area is 167 Å². The third-order valence-corrected chi connectivity index (χ3v) is 4.95. The summed E-state index contributed by atoms with van der Waals surface area (Å²) in [6, 6.07) is 15.1. The highest BCUT2D eigenvalue weighted by atomic mass is 35.5. The number of hydrogen-bond donors (Lipinski definition) is 1. The molecule has 5 nitrogen and oxygen atoms in total. The second-order valence-corrected chi connectivity index (χ2v) is 7.30. The van der Waals surface area contributed by atoms with Crippen LogP contribution < -0.4 is 5.32 Å². The van der Waals surface area contributed by atoms with Gasteiger partial charge in [-0.1, -0.05) is 59.3 Å². The van der Waals surface area contributed by atoms with E-state index in [1.165, 1.54) is 11.8 Å². The smallest absolute Gasteiger partial charge is 0.234 e. The Morgan fingerprint density at radius 3 is 2.81 bits per heavy atom. The van der Waals surface area contributed by atoms with E-state index in [1.54, 1.807) is 30.3 Å². The van der Waals surface area contributed by atoms with Gasteiger partial charge in [-0.2, -0.15) is 0 Å². The molecule has 0 aliphatic heterocycles. The van der Waals surface area contributed by atoms with Gasteiger partial charge < -0.3 is 5.32 Å². The highest BCUT2D eigenvalue weighted by molar-refractivity contribution is 7.99. The Bertz CT molecular complexity index is 970. The number of hydrogen-bond acceptors (Lipinski definition) is 4. The Morgan fingerprint density at radius 2 is 2.07 bits per heavy atom. The second kappa shape index (κ2) is 8.88. The molecule has 1 heterocycles. The summed E-state index contributed by atoms with van der Waals surface area (Å²) in [4.78, 5) is 12.2. The van der Waals surface area contributed by atoms with Crippen molar-refractivity contribution in [3.63, 3.8) is 0 Å². The van der Waals surface area contributed by atoms with Crippen molar-refractivity contribution >= 4 is 35.0 Å². The fourth-order valence-electron chi connectivity index (χ4n) is 2.58. The van der Waals surface area contributed by atoms with Gasteiger partial charge in [-0.25, -0.2) is 0 Å². The molecule has 138 valence electrons. The predicted molar refractivity (Wildman–Crippen MR) is 111 cm³/mol. The lowest BCUT2D eigenvalue weighted by atomic mass is 10.1. The van der Waals surface area contributed by atoms with Crippen LogP contribution in [0.15, 0.2) is 66.3 Å². The van der Waals surface area contributed by atoms with Crippen LogP contribution in [0.25, 0.3) is 11.4 Å². The molecular weight excluding hydrogens is 380 g/mol. The van der Waals surface area contributed by atoms with Gasteiger partial charge in [0.05, 0.1) is 5.75 Å². The molecule has 1 N–H and O–H groups in total. The molecule has 0 spiro atoms. The number of carbonyl (C=O) groups is 1. The van der Waals surface area contributed by atoms with Gasteiger partial charge in [0.2, 0.25) is 5.91 Å². The van der Waals surface area contributed by atoms with Crippen LogP contribution in [0, 0.1) is 6.92 Å². The molecule has 3 aromatic rings. The van der Waals surface area contributed by atoms with E-state index in [2.05, 4.69) is 28.2 Å². The Morgan fingerprint density at radius 1 is 1.26 bits per heavy atom. The normalized spacial score (nSPS) is 10.6. The van der Waals surface area contributed by atoms with Crippen LogP contribution in [-0.2, 0) is 11.3 Å². The van der Waals surface area contributed by atoms with Gasteiger partial charge in [-0.15, -0.1) is 16.8 Å². The van der Waals surface area contributed by atoms with E-state index in [1.807, 2.05) is 29.7 Å². The third kappa shape index (κ3) is 4.99. The summed E-state index contributed by atoms with van der Waals surface area (Å²) in [5.74, 6) is 0.846. The molecular formula is C20H19ClN4OS. The first kappa shape index (κ1) is 19.2. The van der Waals surface area contributed by atoms with Crippen LogP contribution >= 0.6 is 23.4 Å². The number of aryl methyl sites for hydroxylation is 1. The topological polar surface area (TPSA) is 59.8 Å². The maximum atomic E-state index is 12.2. The van der Waals surface area contributed by atoms with E-state index in [9.17, 15) is 4.79 Å².